The van der Waals surface area contributed by atoms with Crippen molar-refractivity contribution in [3.8, 4) is 0 Å². The molecule has 21 heavy (non-hydrogen) atoms. The molecular weight excluding hydrogens is 295 g/mol. The number of aliphatic hydroxyl groups excluding tert-OH is 1. The Kier molecular flexibility index (Phi) is 5.32. The summed E-state index contributed by atoms with van der Waals surface area (Å²) in [4.78, 5) is 2.04. The first kappa shape index (κ1) is 16.4. The summed E-state index contributed by atoms with van der Waals surface area (Å²) in [5, 5.41) is 10.2. The number of β-amino-alcohol motifs (C(OH)–C–C–N with tert-alkyl or cyclic N) is 1. The summed E-state index contributed by atoms with van der Waals surface area (Å²) in [7, 11) is -3.16. The van der Waals surface area contributed by atoms with Gasteiger partial charge < -0.3 is 5.11 Å². The SMILES string of the molecule is CS(=O)(=O)N1CCCN(CC(O)c2ccc(F)cc2)CC1. The van der Waals surface area contributed by atoms with Crippen molar-refractivity contribution in [3.05, 3.63) is 35.6 Å². The first-order chi connectivity index (χ1) is 9.86. The van der Waals surface area contributed by atoms with E-state index >= 15 is 0 Å². The lowest BCUT2D eigenvalue weighted by molar-refractivity contribution is 0.116. The molecular formula is C14H21FN2O3S. The fourth-order valence-corrected chi connectivity index (χ4v) is 3.37. The Morgan fingerprint density at radius 2 is 1.86 bits per heavy atom. The number of sulfonamides is 1. The average Bonchev–Trinajstić information content (AvgIpc) is 2.64. The standard InChI is InChI=1S/C14H21FN2O3S/c1-21(19,20)17-8-2-7-16(9-10-17)11-14(18)12-3-5-13(15)6-4-12/h3-6,14,18H,2,7-11H2,1H3. The van der Waals surface area contributed by atoms with Crippen LogP contribution in [0.1, 0.15) is 18.1 Å². The summed E-state index contributed by atoms with van der Waals surface area (Å²) in [6.07, 6.45) is 1.26. The van der Waals surface area contributed by atoms with E-state index in [0.29, 0.717) is 31.7 Å². The Labute approximate surface area is 125 Å². The number of hydrogen-bond acceptors (Lipinski definition) is 4. The molecule has 0 spiro atoms. The van der Waals surface area contributed by atoms with Gasteiger partial charge in [0.15, 0.2) is 0 Å². The summed E-state index contributed by atoms with van der Waals surface area (Å²) in [5.74, 6) is -0.329. The van der Waals surface area contributed by atoms with Gasteiger partial charge in [0.25, 0.3) is 0 Å². The topological polar surface area (TPSA) is 60.9 Å². The van der Waals surface area contributed by atoms with Gasteiger partial charge in [-0.05, 0) is 30.7 Å². The van der Waals surface area contributed by atoms with Crippen LogP contribution in [0.25, 0.3) is 0 Å². The lowest BCUT2D eigenvalue weighted by Crippen LogP contribution is -2.35. The third kappa shape index (κ3) is 4.74. The summed E-state index contributed by atoms with van der Waals surface area (Å²) < 4.78 is 37.4. The largest absolute Gasteiger partial charge is 0.387 e. The van der Waals surface area contributed by atoms with Gasteiger partial charge in [-0.25, -0.2) is 17.1 Å². The normalized spacial score (nSPS) is 20.1. The Morgan fingerprint density at radius 1 is 1.19 bits per heavy atom. The van der Waals surface area contributed by atoms with Gasteiger partial charge in [0.2, 0.25) is 10.0 Å². The average molecular weight is 316 g/mol. The highest BCUT2D eigenvalue weighted by molar-refractivity contribution is 7.88. The fourth-order valence-electron chi connectivity index (χ4n) is 2.50. The Balaban J connectivity index is 1.93. The van der Waals surface area contributed by atoms with E-state index in [-0.39, 0.29) is 5.82 Å². The van der Waals surface area contributed by atoms with E-state index in [0.717, 1.165) is 13.0 Å². The first-order valence-corrected chi connectivity index (χ1v) is 8.82. The molecule has 7 heteroatoms. The minimum atomic E-state index is -3.16. The van der Waals surface area contributed by atoms with E-state index in [2.05, 4.69) is 0 Å². The van der Waals surface area contributed by atoms with Gasteiger partial charge in [-0.15, -0.1) is 0 Å². The summed E-state index contributed by atoms with van der Waals surface area (Å²) in [6, 6.07) is 5.79. The molecule has 1 saturated heterocycles. The van der Waals surface area contributed by atoms with Gasteiger partial charge in [-0.3, -0.25) is 4.90 Å². The minimum absolute atomic E-state index is 0.329. The van der Waals surface area contributed by atoms with E-state index < -0.39 is 16.1 Å². The second-order valence-electron chi connectivity index (χ2n) is 5.38. The highest BCUT2D eigenvalue weighted by Crippen LogP contribution is 2.16. The van der Waals surface area contributed by atoms with Gasteiger partial charge in [-0.2, -0.15) is 0 Å². The molecule has 0 aliphatic carbocycles. The predicted molar refractivity (Wildman–Crippen MR) is 78.8 cm³/mol. The van der Waals surface area contributed by atoms with Crippen LogP contribution in [-0.4, -0.2) is 61.7 Å². The highest BCUT2D eigenvalue weighted by atomic mass is 32.2. The van der Waals surface area contributed by atoms with E-state index in [4.69, 9.17) is 0 Å². The number of rotatable bonds is 4. The molecule has 1 aromatic rings. The Morgan fingerprint density at radius 3 is 2.48 bits per heavy atom. The Hall–Kier alpha value is -1.02. The van der Waals surface area contributed by atoms with Crippen LogP contribution in [0.4, 0.5) is 4.39 Å². The van der Waals surface area contributed by atoms with Crippen LogP contribution in [0.3, 0.4) is 0 Å². The van der Waals surface area contributed by atoms with Crippen LogP contribution in [0.2, 0.25) is 0 Å². The maximum atomic E-state index is 12.9. The molecule has 0 amide bonds. The molecule has 0 bridgehead atoms. The first-order valence-electron chi connectivity index (χ1n) is 6.97. The molecule has 1 unspecified atom stereocenters. The van der Waals surface area contributed by atoms with Gasteiger partial charge in [0.05, 0.1) is 12.4 Å². The molecule has 1 aliphatic heterocycles. The monoisotopic (exact) mass is 316 g/mol. The maximum Gasteiger partial charge on any atom is 0.211 e. The van der Waals surface area contributed by atoms with Crippen LogP contribution in [-0.2, 0) is 10.0 Å². The molecule has 1 aliphatic rings. The molecule has 1 aromatic carbocycles. The molecule has 1 N–H and O–H groups in total. The zero-order valence-electron chi connectivity index (χ0n) is 12.1. The number of halogens is 1. The highest BCUT2D eigenvalue weighted by Gasteiger charge is 2.22. The van der Waals surface area contributed by atoms with Gasteiger partial charge >= 0.3 is 0 Å². The molecule has 5 nitrogen and oxygen atoms in total. The van der Waals surface area contributed by atoms with Crippen LogP contribution < -0.4 is 0 Å². The molecule has 0 aromatic heterocycles. The van der Waals surface area contributed by atoms with Crippen molar-refractivity contribution in [2.45, 2.75) is 12.5 Å². The predicted octanol–water partition coefficient (Wildman–Crippen LogP) is 0.826. The van der Waals surface area contributed by atoms with E-state index in [1.807, 2.05) is 4.90 Å². The summed E-state index contributed by atoms with van der Waals surface area (Å²) >= 11 is 0. The second kappa shape index (κ2) is 6.83. The zero-order chi connectivity index (χ0) is 15.5. The number of nitrogens with zero attached hydrogens (tertiary/aromatic N) is 2. The minimum Gasteiger partial charge on any atom is -0.387 e. The van der Waals surface area contributed by atoms with Crippen molar-refractivity contribution >= 4 is 10.0 Å². The van der Waals surface area contributed by atoms with Crippen molar-refractivity contribution in [1.82, 2.24) is 9.21 Å². The lowest BCUT2D eigenvalue weighted by Gasteiger charge is -2.23. The summed E-state index contributed by atoms with van der Waals surface area (Å²) in [5.41, 5.74) is 0.667. The smallest absolute Gasteiger partial charge is 0.211 e. The number of hydrogen-bond donors (Lipinski definition) is 1. The van der Waals surface area contributed by atoms with Gasteiger partial charge in [-0.1, -0.05) is 12.1 Å². The van der Waals surface area contributed by atoms with Gasteiger partial charge in [0.1, 0.15) is 5.82 Å². The molecule has 1 atom stereocenters. The fraction of sp³-hybridized carbons (Fsp3) is 0.571. The van der Waals surface area contributed by atoms with Crippen molar-refractivity contribution in [2.75, 3.05) is 39.0 Å². The van der Waals surface area contributed by atoms with Crippen molar-refractivity contribution in [2.24, 2.45) is 0 Å². The summed E-state index contributed by atoms with van der Waals surface area (Å²) in [6.45, 7) is 2.70. The molecule has 1 heterocycles. The Bertz CT molecular complexity index is 562. The third-order valence-electron chi connectivity index (χ3n) is 3.70. The van der Waals surface area contributed by atoms with E-state index in [9.17, 15) is 17.9 Å². The van der Waals surface area contributed by atoms with Crippen LogP contribution in [0.15, 0.2) is 24.3 Å². The van der Waals surface area contributed by atoms with Crippen molar-refractivity contribution < 1.29 is 17.9 Å². The molecule has 0 saturated carbocycles. The van der Waals surface area contributed by atoms with E-state index in [1.165, 1.54) is 22.7 Å². The number of aliphatic hydroxyl groups is 1. The zero-order valence-corrected chi connectivity index (χ0v) is 12.9. The quantitative estimate of drug-likeness (QED) is 0.894. The lowest BCUT2D eigenvalue weighted by atomic mass is 10.1. The van der Waals surface area contributed by atoms with Crippen LogP contribution in [0, 0.1) is 5.82 Å². The molecule has 0 radical (unpaired) electrons. The molecule has 118 valence electrons. The number of benzene rings is 1. The molecule has 1 fully saturated rings. The second-order valence-corrected chi connectivity index (χ2v) is 7.37. The maximum absolute atomic E-state index is 12.9. The van der Waals surface area contributed by atoms with E-state index in [1.54, 1.807) is 12.1 Å². The third-order valence-corrected chi connectivity index (χ3v) is 5.01. The van der Waals surface area contributed by atoms with Crippen LogP contribution in [0.5, 0.6) is 0 Å². The van der Waals surface area contributed by atoms with Crippen molar-refractivity contribution in [1.29, 1.82) is 0 Å². The molecule has 2 rings (SSSR count). The van der Waals surface area contributed by atoms with Gasteiger partial charge in [0, 0.05) is 26.2 Å². The van der Waals surface area contributed by atoms with Crippen LogP contribution >= 0.6 is 0 Å². The van der Waals surface area contributed by atoms with Crippen molar-refractivity contribution in [3.63, 3.8) is 0 Å².